The maximum Gasteiger partial charge on any atom is 0.136 e. The summed E-state index contributed by atoms with van der Waals surface area (Å²) >= 11 is 0. The SMILES string of the molecule is CCCC1CCC(CC[C@H]2CC[C@H](c3ccc(F)cc3)CC2=O)CC1. The summed E-state index contributed by atoms with van der Waals surface area (Å²) in [6.07, 6.45) is 13.4. The number of ketones is 1. The van der Waals surface area contributed by atoms with Crippen molar-refractivity contribution in [2.75, 3.05) is 0 Å². The number of halogens is 1. The van der Waals surface area contributed by atoms with Gasteiger partial charge in [0.1, 0.15) is 11.6 Å². The summed E-state index contributed by atoms with van der Waals surface area (Å²) in [6.45, 7) is 2.29. The Balaban J connectivity index is 1.42. The first-order valence-corrected chi connectivity index (χ1v) is 10.4. The third-order valence-electron chi connectivity index (χ3n) is 6.69. The van der Waals surface area contributed by atoms with E-state index in [4.69, 9.17) is 0 Å². The Hall–Kier alpha value is -1.18. The van der Waals surface area contributed by atoms with Gasteiger partial charge in [-0.3, -0.25) is 4.79 Å². The van der Waals surface area contributed by atoms with Crippen LogP contribution in [0.2, 0.25) is 0 Å². The Bertz CT molecular complexity index is 542. The van der Waals surface area contributed by atoms with Gasteiger partial charge >= 0.3 is 0 Å². The minimum atomic E-state index is -0.197. The van der Waals surface area contributed by atoms with Gasteiger partial charge in [0.15, 0.2) is 0 Å². The molecule has 0 radical (unpaired) electrons. The zero-order chi connectivity index (χ0) is 17.6. The Kier molecular flexibility index (Phi) is 6.67. The van der Waals surface area contributed by atoms with Crippen molar-refractivity contribution >= 4 is 5.78 Å². The Labute approximate surface area is 152 Å². The van der Waals surface area contributed by atoms with Crippen LogP contribution in [0.15, 0.2) is 24.3 Å². The Morgan fingerprint density at radius 3 is 2.12 bits per heavy atom. The van der Waals surface area contributed by atoms with Crippen molar-refractivity contribution in [3.63, 3.8) is 0 Å². The average Bonchev–Trinajstić information content (AvgIpc) is 2.63. The van der Waals surface area contributed by atoms with Gasteiger partial charge < -0.3 is 0 Å². The van der Waals surface area contributed by atoms with E-state index in [0.717, 1.165) is 36.7 Å². The molecule has 138 valence electrons. The van der Waals surface area contributed by atoms with E-state index in [1.807, 2.05) is 12.1 Å². The maximum atomic E-state index is 13.1. The number of rotatable bonds is 6. The molecule has 0 unspecified atom stereocenters. The smallest absolute Gasteiger partial charge is 0.136 e. The second-order valence-electron chi connectivity index (χ2n) is 8.45. The highest BCUT2D eigenvalue weighted by molar-refractivity contribution is 5.82. The van der Waals surface area contributed by atoms with Gasteiger partial charge in [0, 0.05) is 12.3 Å². The molecule has 2 aliphatic carbocycles. The number of carbonyl (C=O) groups excluding carboxylic acids is 1. The summed E-state index contributed by atoms with van der Waals surface area (Å²) in [4.78, 5) is 12.6. The normalized spacial score (nSPS) is 30.4. The molecule has 0 N–H and O–H groups in total. The molecule has 2 saturated carbocycles. The van der Waals surface area contributed by atoms with Crippen molar-refractivity contribution in [3.8, 4) is 0 Å². The fraction of sp³-hybridized carbons (Fsp3) is 0.696. The first kappa shape index (κ1) is 18.6. The molecular weight excluding hydrogens is 311 g/mol. The molecule has 1 aromatic carbocycles. The number of Topliss-reactive ketones (excluding diaryl/α,β-unsaturated/α-hetero) is 1. The van der Waals surface area contributed by atoms with Gasteiger partial charge in [0.25, 0.3) is 0 Å². The topological polar surface area (TPSA) is 17.1 Å². The number of hydrogen-bond donors (Lipinski definition) is 0. The monoisotopic (exact) mass is 344 g/mol. The molecule has 0 amide bonds. The lowest BCUT2D eigenvalue weighted by molar-refractivity contribution is -0.125. The van der Waals surface area contributed by atoms with Crippen LogP contribution in [0.4, 0.5) is 4.39 Å². The highest BCUT2D eigenvalue weighted by atomic mass is 19.1. The molecule has 0 aliphatic heterocycles. The molecule has 2 atom stereocenters. The minimum absolute atomic E-state index is 0.197. The zero-order valence-corrected chi connectivity index (χ0v) is 15.7. The van der Waals surface area contributed by atoms with Crippen molar-refractivity contribution in [2.45, 2.75) is 83.5 Å². The second kappa shape index (κ2) is 8.96. The predicted molar refractivity (Wildman–Crippen MR) is 101 cm³/mol. The van der Waals surface area contributed by atoms with E-state index in [1.54, 1.807) is 0 Å². The van der Waals surface area contributed by atoms with Crippen molar-refractivity contribution in [2.24, 2.45) is 17.8 Å². The molecule has 0 aromatic heterocycles. The van der Waals surface area contributed by atoms with E-state index in [1.165, 1.54) is 57.1 Å². The molecule has 0 bridgehead atoms. The van der Waals surface area contributed by atoms with E-state index < -0.39 is 0 Å². The molecule has 2 fully saturated rings. The van der Waals surface area contributed by atoms with Crippen LogP contribution in [0, 0.1) is 23.6 Å². The van der Waals surface area contributed by atoms with Crippen LogP contribution >= 0.6 is 0 Å². The maximum absolute atomic E-state index is 13.1. The highest BCUT2D eigenvalue weighted by Crippen LogP contribution is 2.38. The quantitative estimate of drug-likeness (QED) is 0.563. The summed E-state index contributed by atoms with van der Waals surface area (Å²) in [7, 11) is 0. The van der Waals surface area contributed by atoms with Crippen molar-refractivity contribution in [3.05, 3.63) is 35.6 Å². The summed E-state index contributed by atoms with van der Waals surface area (Å²) in [6, 6.07) is 6.73. The summed E-state index contributed by atoms with van der Waals surface area (Å²) in [5, 5.41) is 0. The number of benzene rings is 1. The van der Waals surface area contributed by atoms with Crippen molar-refractivity contribution < 1.29 is 9.18 Å². The minimum Gasteiger partial charge on any atom is -0.299 e. The van der Waals surface area contributed by atoms with Crippen LogP contribution in [-0.4, -0.2) is 5.78 Å². The number of carbonyl (C=O) groups is 1. The van der Waals surface area contributed by atoms with Crippen LogP contribution in [0.3, 0.4) is 0 Å². The average molecular weight is 345 g/mol. The molecule has 25 heavy (non-hydrogen) atoms. The molecule has 1 aromatic rings. The fourth-order valence-electron chi connectivity index (χ4n) is 5.05. The van der Waals surface area contributed by atoms with E-state index in [-0.39, 0.29) is 11.7 Å². The molecule has 3 rings (SSSR count). The first-order valence-electron chi connectivity index (χ1n) is 10.4. The van der Waals surface area contributed by atoms with Gasteiger partial charge in [-0.05, 0) is 61.1 Å². The molecule has 1 nitrogen and oxygen atoms in total. The van der Waals surface area contributed by atoms with Gasteiger partial charge in [0.2, 0.25) is 0 Å². The summed E-state index contributed by atoms with van der Waals surface area (Å²) in [5.74, 6) is 2.65. The second-order valence-corrected chi connectivity index (χ2v) is 8.45. The third kappa shape index (κ3) is 5.15. The van der Waals surface area contributed by atoms with Crippen LogP contribution in [0.1, 0.15) is 89.0 Å². The Morgan fingerprint density at radius 2 is 1.52 bits per heavy atom. The van der Waals surface area contributed by atoms with Crippen LogP contribution in [-0.2, 0) is 4.79 Å². The largest absolute Gasteiger partial charge is 0.299 e. The van der Waals surface area contributed by atoms with Gasteiger partial charge in [-0.15, -0.1) is 0 Å². The van der Waals surface area contributed by atoms with Gasteiger partial charge in [-0.25, -0.2) is 4.39 Å². The van der Waals surface area contributed by atoms with Crippen LogP contribution in [0.5, 0.6) is 0 Å². The lowest BCUT2D eigenvalue weighted by Crippen LogP contribution is -2.25. The lowest BCUT2D eigenvalue weighted by Gasteiger charge is -2.31. The fourth-order valence-corrected chi connectivity index (χ4v) is 5.05. The molecule has 2 aliphatic rings. The van der Waals surface area contributed by atoms with E-state index in [2.05, 4.69) is 6.92 Å². The van der Waals surface area contributed by atoms with Gasteiger partial charge in [-0.2, -0.15) is 0 Å². The van der Waals surface area contributed by atoms with Crippen LogP contribution in [0.25, 0.3) is 0 Å². The predicted octanol–water partition coefficient (Wildman–Crippen LogP) is 6.67. The standard InChI is InChI=1S/C23H33FO/c1-2-3-17-4-6-18(7-5-17)8-9-20-10-11-21(16-23(20)25)19-12-14-22(24)15-13-19/h12-15,17-18,20-21H,2-11,16H2,1H3/t17?,18?,20-,21-/m0/s1. The van der Waals surface area contributed by atoms with Crippen molar-refractivity contribution in [1.29, 1.82) is 0 Å². The molecular formula is C23H33FO. The van der Waals surface area contributed by atoms with Crippen LogP contribution < -0.4 is 0 Å². The van der Waals surface area contributed by atoms with Gasteiger partial charge in [0.05, 0.1) is 0 Å². The first-order chi connectivity index (χ1) is 12.2. The van der Waals surface area contributed by atoms with E-state index >= 15 is 0 Å². The van der Waals surface area contributed by atoms with E-state index in [0.29, 0.717) is 18.1 Å². The zero-order valence-electron chi connectivity index (χ0n) is 15.7. The van der Waals surface area contributed by atoms with E-state index in [9.17, 15) is 9.18 Å². The van der Waals surface area contributed by atoms with Gasteiger partial charge in [-0.1, -0.05) is 57.6 Å². The highest BCUT2D eigenvalue weighted by Gasteiger charge is 2.30. The molecule has 0 spiro atoms. The summed E-state index contributed by atoms with van der Waals surface area (Å²) < 4.78 is 13.1. The third-order valence-corrected chi connectivity index (χ3v) is 6.69. The Morgan fingerprint density at radius 1 is 0.880 bits per heavy atom. The molecule has 0 saturated heterocycles. The summed E-state index contributed by atoms with van der Waals surface area (Å²) in [5.41, 5.74) is 1.13. The number of hydrogen-bond acceptors (Lipinski definition) is 1. The van der Waals surface area contributed by atoms with Crippen molar-refractivity contribution in [1.82, 2.24) is 0 Å². The molecule has 0 heterocycles. The molecule has 2 heteroatoms. The lowest BCUT2D eigenvalue weighted by atomic mass is 9.73.